The Morgan fingerprint density at radius 1 is 1.35 bits per heavy atom. The number of rotatable bonds is 5. The molecule has 1 aromatic carbocycles. The topological polar surface area (TPSA) is 72.2 Å². The van der Waals surface area contributed by atoms with Gasteiger partial charge in [0.1, 0.15) is 4.90 Å². The summed E-state index contributed by atoms with van der Waals surface area (Å²) in [5.74, 6) is -2.66. The second-order valence-electron chi connectivity index (χ2n) is 3.61. The Kier molecular flexibility index (Phi) is 4.55. The van der Waals surface area contributed by atoms with Gasteiger partial charge in [-0.3, -0.25) is 0 Å². The molecule has 3 N–H and O–H groups in total. The van der Waals surface area contributed by atoms with E-state index in [4.69, 9.17) is 5.14 Å². The zero-order valence-electron chi connectivity index (χ0n) is 9.33. The summed E-state index contributed by atoms with van der Waals surface area (Å²) in [5.41, 5.74) is 0.335. The van der Waals surface area contributed by atoms with E-state index in [2.05, 4.69) is 5.32 Å². The van der Waals surface area contributed by atoms with Crippen LogP contribution in [0.25, 0.3) is 0 Å². The molecular weight excluding hydrogens is 250 g/mol. The van der Waals surface area contributed by atoms with Gasteiger partial charge in [0.25, 0.3) is 0 Å². The van der Waals surface area contributed by atoms with Gasteiger partial charge in [0.15, 0.2) is 11.6 Å². The van der Waals surface area contributed by atoms with E-state index in [0.717, 1.165) is 18.6 Å². The Morgan fingerprint density at radius 2 is 2.00 bits per heavy atom. The number of halogens is 2. The van der Waals surface area contributed by atoms with Crippen LogP contribution in [0.2, 0.25) is 0 Å². The van der Waals surface area contributed by atoms with Crippen LogP contribution in [0.1, 0.15) is 18.9 Å². The minimum absolute atomic E-state index is 0.258. The van der Waals surface area contributed by atoms with Crippen molar-refractivity contribution in [2.45, 2.75) is 24.8 Å². The lowest BCUT2D eigenvalue weighted by atomic mass is 10.2. The normalized spacial score (nSPS) is 11.8. The van der Waals surface area contributed by atoms with Crippen molar-refractivity contribution in [1.29, 1.82) is 0 Å². The van der Waals surface area contributed by atoms with Gasteiger partial charge in [0, 0.05) is 6.54 Å². The molecule has 0 heterocycles. The van der Waals surface area contributed by atoms with Crippen molar-refractivity contribution in [3.63, 3.8) is 0 Å². The van der Waals surface area contributed by atoms with Crippen LogP contribution in [-0.4, -0.2) is 15.0 Å². The lowest BCUT2D eigenvalue weighted by molar-refractivity contribution is 0.482. The molecule has 0 aliphatic heterocycles. The Hall–Kier alpha value is -1.05. The monoisotopic (exact) mass is 264 g/mol. The highest BCUT2D eigenvalue weighted by Crippen LogP contribution is 2.18. The molecule has 0 amide bonds. The van der Waals surface area contributed by atoms with Gasteiger partial charge in [-0.25, -0.2) is 22.3 Å². The van der Waals surface area contributed by atoms with E-state index in [-0.39, 0.29) is 6.54 Å². The summed E-state index contributed by atoms with van der Waals surface area (Å²) in [6, 6.07) is 1.99. The number of sulfonamides is 1. The van der Waals surface area contributed by atoms with Crippen LogP contribution >= 0.6 is 0 Å². The molecule has 1 aromatic rings. The molecule has 96 valence electrons. The largest absolute Gasteiger partial charge is 0.313 e. The summed E-state index contributed by atoms with van der Waals surface area (Å²) < 4.78 is 48.4. The molecule has 0 atom stereocenters. The van der Waals surface area contributed by atoms with Gasteiger partial charge < -0.3 is 5.32 Å². The molecule has 1 rings (SSSR count). The lowest BCUT2D eigenvalue weighted by Crippen LogP contribution is -2.18. The van der Waals surface area contributed by atoms with Crippen molar-refractivity contribution in [2.75, 3.05) is 6.54 Å². The second-order valence-corrected chi connectivity index (χ2v) is 5.14. The van der Waals surface area contributed by atoms with Gasteiger partial charge in [-0.15, -0.1) is 0 Å². The molecule has 7 heteroatoms. The van der Waals surface area contributed by atoms with E-state index in [1.165, 1.54) is 0 Å². The first-order valence-electron chi connectivity index (χ1n) is 5.07. The van der Waals surface area contributed by atoms with E-state index in [1.807, 2.05) is 6.92 Å². The first-order valence-corrected chi connectivity index (χ1v) is 6.62. The van der Waals surface area contributed by atoms with E-state index in [9.17, 15) is 17.2 Å². The maximum atomic E-state index is 13.2. The maximum Gasteiger partial charge on any atom is 0.241 e. The quantitative estimate of drug-likeness (QED) is 0.783. The predicted molar refractivity (Wildman–Crippen MR) is 59.7 cm³/mol. The third kappa shape index (κ3) is 3.72. The van der Waals surface area contributed by atoms with Crippen molar-refractivity contribution in [1.82, 2.24) is 5.32 Å². The summed E-state index contributed by atoms with van der Waals surface area (Å²) in [6.07, 6.45) is 0.881. The van der Waals surface area contributed by atoms with E-state index in [0.29, 0.717) is 12.1 Å². The van der Waals surface area contributed by atoms with Crippen LogP contribution in [0.4, 0.5) is 8.78 Å². The summed E-state index contributed by atoms with van der Waals surface area (Å²) in [6.45, 7) is 2.91. The number of benzene rings is 1. The Morgan fingerprint density at radius 3 is 2.53 bits per heavy atom. The Bertz CT molecular complexity index is 503. The lowest BCUT2D eigenvalue weighted by Gasteiger charge is -2.07. The minimum atomic E-state index is -4.25. The van der Waals surface area contributed by atoms with E-state index >= 15 is 0 Å². The molecule has 17 heavy (non-hydrogen) atoms. The second kappa shape index (κ2) is 5.52. The van der Waals surface area contributed by atoms with Crippen molar-refractivity contribution in [3.05, 3.63) is 29.3 Å². The number of hydrogen-bond acceptors (Lipinski definition) is 3. The highest BCUT2D eigenvalue weighted by Gasteiger charge is 2.19. The van der Waals surface area contributed by atoms with E-state index < -0.39 is 26.6 Å². The van der Waals surface area contributed by atoms with Crippen LogP contribution in [-0.2, 0) is 16.6 Å². The summed E-state index contributed by atoms with van der Waals surface area (Å²) in [5, 5.41) is 7.75. The van der Waals surface area contributed by atoms with Gasteiger partial charge in [-0.05, 0) is 30.7 Å². The van der Waals surface area contributed by atoms with E-state index in [1.54, 1.807) is 0 Å². The molecule has 0 aliphatic rings. The van der Waals surface area contributed by atoms with Crippen molar-refractivity contribution >= 4 is 10.0 Å². The average Bonchev–Trinajstić information content (AvgIpc) is 2.21. The molecule has 0 saturated heterocycles. The Balaban J connectivity index is 3.07. The fourth-order valence-electron chi connectivity index (χ4n) is 1.34. The smallest absolute Gasteiger partial charge is 0.241 e. The molecule has 4 nitrogen and oxygen atoms in total. The zero-order chi connectivity index (χ0) is 13.1. The number of nitrogens with two attached hydrogens (primary N) is 1. The predicted octanol–water partition coefficient (Wildman–Crippen LogP) is 1.11. The molecule has 0 radical (unpaired) electrons. The van der Waals surface area contributed by atoms with Gasteiger partial charge >= 0.3 is 0 Å². The fraction of sp³-hybridized carbons (Fsp3) is 0.400. The molecule has 0 aliphatic carbocycles. The standard InChI is InChI=1S/C10H14F2N2O2S/c1-2-3-14-6-7-4-8(11)10(12)9(5-7)17(13,15)16/h4-5,14H,2-3,6H2,1H3,(H2,13,15,16). The average molecular weight is 264 g/mol. The third-order valence-corrected chi connectivity index (χ3v) is 3.03. The van der Waals surface area contributed by atoms with Crippen LogP contribution in [0.5, 0.6) is 0 Å². The summed E-state index contributed by atoms with van der Waals surface area (Å²) >= 11 is 0. The van der Waals surface area contributed by atoms with Gasteiger partial charge in [0.05, 0.1) is 0 Å². The first-order chi connectivity index (χ1) is 7.86. The molecule has 0 unspecified atom stereocenters. The van der Waals surface area contributed by atoms with Crippen LogP contribution in [0, 0.1) is 11.6 Å². The van der Waals surface area contributed by atoms with Gasteiger partial charge in [-0.1, -0.05) is 6.92 Å². The molecule has 0 bridgehead atoms. The van der Waals surface area contributed by atoms with Crippen molar-refractivity contribution < 1.29 is 17.2 Å². The van der Waals surface area contributed by atoms with Gasteiger partial charge in [0.2, 0.25) is 10.0 Å². The Labute approximate surface area is 98.9 Å². The van der Waals surface area contributed by atoms with Crippen molar-refractivity contribution in [2.24, 2.45) is 5.14 Å². The van der Waals surface area contributed by atoms with Crippen LogP contribution in [0.15, 0.2) is 17.0 Å². The van der Waals surface area contributed by atoms with Gasteiger partial charge in [-0.2, -0.15) is 0 Å². The third-order valence-electron chi connectivity index (χ3n) is 2.12. The number of hydrogen-bond donors (Lipinski definition) is 2. The first kappa shape index (κ1) is 14.0. The molecule has 0 spiro atoms. The number of nitrogens with one attached hydrogen (secondary N) is 1. The molecular formula is C10H14F2N2O2S. The maximum absolute atomic E-state index is 13.2. The summed E-state index contributed by atoms with van der Waals surface area (Å²) in [4.78, 5) is -0.814. The van der Waals surface area contributed by atoms with Crippen molar-refractivity contribution in [3.8, 4) is 0 Å². The minimum Gasteiger partial charge on any atom is -0.313 e. The highest BCUT2D eigenvalue weighted by molar-refractivity contribution is 7.89. The SMILES string of the molecule is CCCNCc1cc(F)c(F)c(S(N)(=O)=O)c1. The molecule has 0 saturated carbocycles. The number of primary sulfonamides is 1. The highest BCUT2D eigenvalue weighted by atomic mass is 32.2. The molecule has 0 fully saturated rings. The van der Waals surface area contributed by atoms with Crippen LogP contribution < -0.4 is 10.5 Å². The molecule has 0 aromatic heterocycles. The summed E-state index contributed by atoms with van der Waals surface area (Å²) in [7, 11) is -4.25. The fourth-order valence-corrected chi connectivity index (χ4v) is 2.00. The van der Waals surface area contributed by atoms with Crippen LogP contribution in [0.3, 0.4) is 0 Å². The zero-order valence-corrected chi connectivity index (χ0v) is 10.2.